The van der Waals surface area contributed by atoms with E-state index in [0.717, 1.165) is 31.9 Å². The average molecular weight is 454 g/mol. The predicted molar refractivity (Wildman–Crippen MR) is 106 cm³/mol. The summed E-state index contributed by atoms with van der Waals surface area (Å²) in [5.74, 6) is 0.629. The first-order valence-corrected chi connectivity index (χ1v) is 8.17. The van der Waals surface area contributed by atoms with Crippen LogP contribution in [0.2, 0.25) is 0 Å². The summed E-state index contributed by atoms with van der Waals surface area (Å²) < 4.78 is 4.81. The summed E-state index contributed by atoms with van der Waals surface area (Å²) >= 11 is 0. The zero-order chi connectivity index (χ0) is 17.5. The van der Waals surface area contributed by atoms with Gasteiger partial charge in [-0.25, -0.2) is 0 Å². The van der Waals surface area contributed by atoms with Crippen LogP contribution in [0.25, 0.3) is 0 Å². The fourth-order valence-electron chi connectivity index (χ4n) is 2.61. The third kappa shape index (κ3) is 6.45. The highest BCUT2D eigenvalue weighted by molar-refractivity contribution is 14.0. The van der Waals surface area contributed by atoms with Crippen LogP contribution in [0.1, 0.15) is 33.6 Å². The van der Waals surface area contributed by atoms with Crippen LogP contribution in [-0.4, -0.2) is 63.1 Å². The zero-order valence-electron chi connectivity index (χ0n) is 15.3. The number of piperidine rings is 1. The molecule has 7 nitrogen and oxygen atoms in total. The van der Waals surface area contributed by atoms with Crippen molar-refractivity contribution in [2.45, 2.75) is 33.6 Å². The van der Waals surface area contributed by atoms with Gasteiger partial charge in [-0.15, -0.1) is 24.0 Å². The van der Waals surface area contributed by atoms with Gasteiger partial charge >= 0.3 is 5.97 Å². The summed E-state index contributed by atoms with van der Waals surface area (Å²) in [5.41, 5.74) is -0.518. The van der Waals surface area contributed by atoms with Gasteiger partial charge in [-0.05, 0) is 33.6 Å². The Bertz CT molecular complexity index is 447. The van der Waals surface area contributed by atoms with Crippen LogP contribution in [-0.2, 0) is 14.3 Å². The van der Waals surface area contributed by atoms with Crippen molar-refractivity contribution in [3.63, 3.8) is 0 Å². The Kier molecular flexibility index (Phi) is 10.3. The molecule has 0 aromatic heterocycles. The van der Waals surface area contributed by atoms with Gasteiger partial charge in [-0.2, -0.15) is 0 Å². The second kappa shape index (κ2) is 10.7. The van der Waals surface area contributed by atoms with Crippen molar-refractivity contribution in [3.05, 3.63) is 0 Å². The molecule has 0 bridgehead atoms. The molecule has 1 fully saturated rings. The Morgan fingerprint density at radius 1 is 1.25 bits per heavy atom. The van der Waals surface area contributed by atoms with Crippen LogP contribution in [0.4, 0.5) is 0 Å². The molecule has 1 saturated heterocycles. The molecule has 1 amide bonds. The molecule has 0 unspecified atom stereocenters. The number of ether oxygens (including phenoxy) is 1. The number of halogens is 1. The highest BCUT2D eigenvalue weighted by Crippen LogP contribution is 2.19. The topological polar surface area (TPSA) is 83.0 Å². The third-order valence-corrected chi connectivity index (χ3v) is 4.18. The number of nitrogens with zero attached hydrogens (tertiary/aromatic N) is 2. The first kappa shape index (κ1) is 22.9. The van der Waals surface area contributed by atoms with Gasteiger partial charge in [0.1, 0.15) is 0 Å². The van der Waals surface area contributed by atoms with Gasteiger partial charge in [0.15, 0.2) is 5.96 Å². The van der Waals surface area contributed by atoms with Gasteiger partial charge in [0.2, 0.25) is 5.91 Å². The first-order chi connectivity index (χ1) is 10.9. The second-order valence-electron chi connectivity index (χ2n) is 6.43. The van der Waals surface area contributed by atoms with Crippen molar-refractivity contribution in [1.29, 1.82) is 0 Å². The number of rotatable bonds is 5. The molecule has 1 rings (SSSR count). The van der Waals surface area contributed by atoms with E-state index in [1.165, 1.54) is 7.11 Å². The maximum Gasteiger partial charge on any atom is 0.308 e. The largest absolute Gasteiger partial charge is 0.469 e. The number of guanidine groups is 1. The van der Waals surface area contributed by atoms with Crippen LogP contribution in [0.5, 0.6) is 0 Å². The number of hydrogen-bond donors (Lipinski definition) is 2. The van der Waals surface area contributed by atoms with Gasteiger partial charge < -0.3 is 20.3 Å². The normalized spacial score (nSPS) is 16.2. The Hall–Kier alpha value is -1.06. The molecule has 1 heterocycles. The molecule has 2 N–H and O–H groups in total. The smallest absolute Gasteiger partial charge is 0.308 e. The summed E-state index contributed by atoms with van der Waals surface area (Å²) in [5, 5.41) is 6.12. The van der Waals surface area contributed by atoms with Gasteiger partial charge in [-0.3, -0.25) is 14.6 Å². The molecule has 1 aliphatic rings. The predicted octanol–water partition coefficient (Wildman–Crippen LogP) is 1.23. The SMILES string of the molecule is CCNC(=O)C(C)(C)CNC(=NC)N1CCC(C(=O)OC)CC1.I. The molecule has 0 atom stereocenters. The van der Waals surface area contributed by atoms with Crippen molar-refractivity contribution in [2.75, 3.05) is 40.3 Å². The van der Waals surface area contributed by atoms with E-state index in [1.807, 2.05) is 20.8 Å². The lowest BCUT2D eigenvalue weighted by atomic mass is 9.92. The minimum Gasteiger partial charge on any atom is -0.469 e. The van der Waals surface area contributed by atoms with E-state index in [0.29, 0.717) is 13.1 Å². The summed E-state index contributed by atoms with van der Waals surface area (Å²) in [6, 6.07) is 0. The fourth-order valence-corrected chi connectivity index (χ4v) is 2.61. The minimum atomic E-state index is -0.518. The maximum atomic E-state index is 12.0. The zero-order valence-corrected chi connectivity index (χ0v) is 17.7. The molecular formula is C16H31IN4O3. The number of carbonyl (C=O) groups excluding carboxylic acids is 2. The number of amides is 1. The van der Waals surface area contributed by atoms with Crippen molar-refractivity contribution >= 4 is 41.8 Å². The standard InChI is InChI=1S/C16H30N4O3.HI/c1-6-18-14(22)16(2,3)11-19-15(17-4)20-9-7-12(8-10-20)13(21)23-5;/h12H,6-11H2,1-5H3,(H,17,19)(H,18,22);1H. The van der Waals surface area contributed by atoms with Crippen LogP contribution in [0, 0.1) is 11.3 Å². The molecule has 24 heavy (non-hydrogen) atoms. The highest BCUT2D eigenvalue weighted by Gasteiger charge is 2.30. The van der Waals surface area contributed by atoms with Crippen molar-refractivity contribution < 1.29 is 14.3 Å². The van der Waals surface area contributed by atoms with Crippen molar-refractivity contribution in [2.24, 2.45) is 16.3 Å². The van der Waals surface area contributed by atoms with Gasteiger partial charge in [0.05, 0.1) is 18.4 Å². The number of nitrogens with one attached hydrogen (secondary N) is 2. The van der Waals surface area contributed by atoms with E-state index >= 15 is 0 Å². The molecule has 0 aromatic carbocycles. The lowest BCUT2D eigenvalue weighted by molar-refractivity contribution is -0.146. The van der Waals surface area contributed by atoms with E-state index in [9.17, 15) is 9.59 Å². The molecule has 1 aliphatic heterocycles. The average Bonchev–Trinajstić information content (AvgIpc) is 2.55. The van der Waals surface area contributed by atoms with Crippen molar-refractivity contribution in [1.82, 2.24) is 15.5 Å². The van der Waals surface area contributed by atoms with E-state index in [-0.39, 0.29) is 41.8 Å². The molecule has 8 heteroatoms. The number of likely N-dealkylation sites (tertiary alicyclic amines) is 1. The summed E-state index contributed by atoms with van der Waals surface area (Å²) in [6.45, 7) is 8.35. The Morgan fingerprint density at radius 2 is 1.83 bits per heavy atom. The van der Waals surface area contributed by atoms with E-state index in [1.54, 1.807) is 7.05 Å². The Labute approximate surface area is 162 Å². The number of esters is 1. The monoisotopic (exact) mass is 454 g/mol. The summed E-state index contributed by atoms with van der Waals surface area (Å²) in [7, 11) is 3.16. The molecule has 0 spiro atoms. The number of hydrogen-bond acceptors (Lipinski definition) is 4. The van der Waals surface area contributed by atoms with Crippen LogP contribution in [0.3, 0.4) is 0 Å². The van der Waals surface area contributed by atoms with E-state index in [4.69, 9.17) is 4.74 Å². The molecule has 0 aromatic rings. The maximum absolute atomic E-state index is 12.0. The van der Waals surface area contributed by atoms with Gasteiger partial charge in [0.25, 0.3) is 0 Å². The summed E-state index contributed by atoms with van der Waals surface area (Å²) in [4.78, 5) is 30.0. The minimum absolute atomic E-state index is 0. The number of methoxy groups -OCH3 is 1. The number of aliphatic imine (C=N–C) groups is 1. The lowest BCUT2D eigenvalue weighted by Gasteiger charge is -2.34. The molecule has 0 saturated carbocycles. The lowest BCUT2D eigenvalue weighted by Crippen LogP contribution is -2.51. The van der Waals surface area contributed by atoms with Gasteiger partial charge in [-0.1, -0.05) is 0 Å². The molecule has 140 valence electrons. The molecule has 0 aliphatic carbocycles. The van der Waals surface area contributed by atoms with E-state index in [2.05, 4.69) is 20.5 Å². The molecular weight excluding hydrogens is 423 g/mol. The van der Waals surface area contributed by atoms with Gasteiger partial charge in [0, 0.05) is 33.2 Å². The number of carbonyl (C=O) groups is 2. The Morgan fingerprint density at radius 3 is 2.29 bits per heavy atom. The van der Waals surface area contributed by atoms with Crippen LogP contribution >= 0.6 is 24.0 Å². The fraction of sp³-hybridized carbons (Fsp3) is 0.812. The molecule has 0 radical (unpaired) electrons. The van der Waals surface area contributed by atoms with Crippen LogP contribution < -0.4 is 10.6 Å². The second-order valence-corrected chi connectivity index (χ2v) is 6.43. The highest BCUT2D eigenvalue weighted by atomic mass is 127. The van der Waals surface area contributed by atoms with E-state index < -0.39 is 5.41 Å². The third-order valence-electron chi connectivity index (χ3n) is 4.18. The van der Waals surface area contributed by atoms with Crippen LogP contribution in [0.15, 0.2) is 4.99 Å². The summed E-state index contributed by atoms with van der Waals surface area (Å²) in [6.07, 6.45) is 1.51. The quantitative estimate of drug-likeness (QED) is 0.283. The first-order valence-electron chi connectivity index (χ1n) is 8.17. The van der Waals surface area contributed by atoms with Crippen molar-refractivity contribution in [3.8, 4) is 0 Å². The Balaban J connectivity index is 0.00000529.